The summed E-state index contributed by atoms with van der Waals surface area (Å²) in [6.07, 6.45) is 1.69. The van der Waals surface area contributed by atoms with Crippen LogP contribution in [0.15, 0.2) is 88.3 Å². The van der Waals surface area contributed by atoms with Crippen LogP contribution in [0.1, 0.15) is 16.2 Å². The van der Waals surface area contributed by atoms with Gasteiger partial charge < -0.3 is 24.7 Å². The molecule has 0 amide bonds. The van der Waals surface area contributed by atoms with E-state index in [-0.39, 0.29) is 37.1 Å². The van der Waals surface area contributed by atoms with Gasteiger partial charge in [0, 0.05) is 23.1 Å². The molecule has 0 aliphatic rings. The third-order valence-corrected chi connectivity index (χ3v) is 7.31. The largest absolute Gasteiger partial charge is 0.495 e. The van der Waals surface area contributed by atoms with Gasteiger partial charge in [-0.25, -0.2) is 4.79 Å². The number of anilines is 1. The molecule has 12 heteroatoms. The topological polar surface area (TPSA) is 115 Å². The van der Waals surface area contributed by atoms with E-state index in [9.17, 15) is 9.59 Å². The van der Waals surface area contributed by atoms with Gasteiger partial charge in [-0.05, 0) is 93.6 Å². The predicted octanol–water partition coefficient (Wildman–Crippen LogP) is 6.62. The quantitative estimate of drug-likeness (QED) is 0.143. The fourth-order valence-electron chi connectivity index (χ4n) is 4.58. The van der Waals surface area contributed by atoms with Crippen molar-refractivity contribution in [1.82, 2.24) is 9.55 Å². The number of benzene rings is 3. The van der Waals surface area contributed by atoms with Crippen LogP contribution in [0.2, 0.25) is 0 Å². The third kappa shape index (κ3) is 6.56. The Morgan fingerprint density at radius 3 is 2.16 bits per heavy atom. The van der Waals surface area contributed by atoms with Crippen LogP contribution in [0.3, 0.4) is 0 Å². The maximum Gasteiger partial charge on any atom is 0.355 e. The highest BCUT2D eigenvalue weighted by Crippen LogP contribution is 2.42. The first kappa shape index (κ1) is 33.3. The third-order valence-electron chi connectivity index (χ3n) is 6.53. The molecule has 0 atom stereocenters. The number of hydrogen-bond acceptors (Lipinski definition) is 8. The van der Waals surface area contributed by atoms with E-state index in [1.165, 1.54) is 25.9 Å². The number of pyridine rings is 2. The van der Waals surface area contributed by atoms with Gasteiger partial charge in [-0.15, -0.1) is 24.8 Å². The van der Waals surface area contributed by atoms with Crippen molar-refractivity contribution in [1.29, 1.82) is 0 Å². The highest BCUT2D eigenvalue weighted by atomic mass is 79.9. The van der Waals surface area contributed by atoms with Crippen molar-refractivity contribution in [2.45, 2.75) is 6.61 Å². The summed E-state index contributed by atoms with van der Waals surface area (Å²) in [5.74, 6) is 0.715. The highest BCUT2D eigenvalue weighted by molar-refractivity contribution is 9.10. The minimum Gasteiger partial charge on any atom is -0.495 e. The molecule has 0 saturated heterocycles. The summed E-state index contributed by atoms with van der Waals surface area (Å²) in [7, 11) is 4.33. The number of carbonyl (C=O) groups is 1. The molecule has 5 rings (SSSR count). The van der Waals surface area contributed by atoms with Crippen LogP contribution in [-0.4, -0.2) is 36.8 Å². The number of aromatic nitrogens is 2. The van der Waals surface area contributed by atoms with Crippen LogP contribution in [0.5, 0.6) is 17.2 Å². The monoisotopic (exact) mass is 687 g/mol. The second-order valence-corrected chi connectivity index (χ2v) is 9.75. The lowest BCUT2D eigenvalue weighted by Crippen LogP contribution is -2.27. The van der Waals surface area contributed by atoms with Crippen LogP contribution in [0, 0.1) is 0 Å². The number of methoxy groups -OCH3 is 3. The average Bonchev–Trinajstić information content (AvgIpc) is 3.01. The smallest absolute Gasteiger partial charge is 0.355 e. The molecule has 0 unspecified atom stereocenters. The van der Waals surface area contributed by atoms with Crippen LogP contribution in [-0.2, 0) is 11.3 Å². The second-order valence-electron chi connectivity index (χ2n) is 8.96. The number of carbonyl (C=O) groups excluding carboxylic acids is 1. The number of ether oxygens (including phenoxy) is 4. The zero-order chi connectivity index (χ0) is 29.1. The van der Waals surface area contributed by atoms with Gasteiger partial charge in [0.25, 0.3) is 5.56 Å². The number of esters is 1. The number of hydrogen-bond donors (Lipinski definition) is 1. The number of nitrogen functional groups attached to an aromatic ring is 1. The predicted molar refractivity (Wildman–Crippen MR) is 175 cm³/mol. The Hall–Kier alpha value is -4.25. The van der Waals surface area contributed by atoms with Gasteiger partial charge >= 0.3 is 5.97 Å². The molecule has 0 aliphatic heterocycles. The van der Waals surface area contributed by atoms with E-state index in [0.717, 1.165) is 5.69 Å². The molecule has 9 nitrogen and oxygen atoms in total. The fraction of sp³-hybridized carbons (Fsp3) is 0.129. The second kappa shape index (κ2) is 14.3. The van der Waals surface area contributed by atoms with Gasteiger partial charge in [0.15, 0.2) is 0 Å². The summed E-state index contributed by atoms with van der Waals surface area (Å²) in [5.41, 5.74) is 8.22. The van der Waals surface area contributed by atoms with Gasteiger partial charge in [0.1, 0.15) is 34.0 Å². The maximum absolute atomic E-state index is 14.2. The molecule has 0 saturated carbocycles. The molecule has 2 heterocycles. The van der Waals surface area contributed by atoms with E-state index in [1.54, 1.807) is 60.8 Å². The van der Waals surface area contributed by atoms with E-state index in [0.29, 0.717) is 55.0 Å². The minimum absolute atomic E-state index is 0. The SMILES string of the molecule is COC(=O)c1c(-c2cc(OC)c(Br)c(OC)c2)c2ccc(OCc3ccccn3)cc2c(=O)n1-c1ccc(N)cc1.Cl.Cl. The Morgan fingerprint density at radius 2 is 1.58 bits per heavy atom. The molecule has 0 radical (unpaired) electrons. The van der Waals surface area contributed by atoms with Gasteiger partial charge in [0.2, 0.25) is 0 Å². The molecule has 0 aliphatic carbocycles. The lowest BCUT2D eigenvalue weighted by atomic mass is 9.95. The van der Waals surface area contributed by atoms with Gasteiger partial charge in [-0.1, -0.05) is 6.07 Å². The Labute approximate surface area is 268 Å². The van der Waals surface area contributed by atoms with Crippen LogP contribution >= 0.6 is 40.7 Å². The summed E-state index contributed by atoms with van der Waals surface area (Å²) in [6, 6.07) is 20.9. The van der Waals surface area contributed by atoms with Crippen molar-refractivity contribution in [2.75, 3.05) is 27.1 Å². The van der Waals surface area contributed by atoms with E-state index >= 15 is 0 Å². The molecule has 43 heavy (non-hydrogen) atoms. The van der Waals surface area contributed by atoms with Crippen molar-refractivity contribution < 1.29 is 23.7 Å². The van der Waals surface area contributed by atoms with Crippen molar-refractivity contribution >= 4 is 63.2 Å². The molecular weight excluding hydrogens is 661 g/mol. The molecule has 0 bridgehead atoms. The molecule has 5 aromatic rings. The van der Waals surface area contributed by atoms with Gasteiger partial charge in [0.05, 0.1) is 32.4 Å². The van der Waals surface area contributed by atoms with Crippen molar-refractivity contribution in [3.05, 3.63) is 105 Å². The first-order chi connectivity index (χ1) is 19.9. The van der Waals surface area contributed by atoms with Crippen LogP contribution < -0.4 is 25.5 Å². The molecule has 0 fully saturated rings. The Morgan fingerprint density at radius 1 is 0.907 bits per heavy atom. The maximum atomic E-state index is 14.2. The first-order valence-corrected chi connectivity index (χ1v) is 13.3. The summed E-state index contributed by atoms with van der Waals surface area (Å²) in [6.45, 7) is 0.215. The molecule has 0 spiro atoms. The Balaban J connectivity index is 0.00000253. The van der Waals surface area contributed by atoms with E-state index in [4.69, 9.17) is 24.7 Å². The average molecular weight is 689 g/mol. The minimum atomic E-state index is -0.702. The zero-order valence-corrected chi connectivity index (χ0v) is 26.5. The molecule has 224 valence electrons. The Kier molecular flexibility index (Phi) is 11.0. The number of halogens is 3. The number of nitrogens with two attached hydrogens (primary N) is 1. The lowest BCUT2D eigenvalue weighted by Gasteiger charge is -2.20. The van der Waals surface area contributed by atoms with Crippen LogP contribution in [0.4, 0.5) is 5.69 Å². The van der Waals surface area contributed by atoms with Crippen molar-refractivity contribution in [3.63, 3.8) is 0 Å². The number of rotatable bonds is 8. The van der Waals surface area contributed by atoms with Gasteiger partial charge in [-0.2, -0.15) is 0 Å². The fourth-order valence-corrected chi connectivity index (χ4v) is 5.13. The summed E-state index contributed by atoms with van der Waals surface area (Å²) in [5, 5.41) is 0.836. The van der Waals surface area contributed by atoms with Crippen molar-refractivity contribution in [2.24, 2.45) is 0 Å². The molecule has 2 N–H and O–H groups in total. The molecule has 3 aromatic carbocycles. The molecule has 2 aromatic heterocycles. The lowest BCUT2D eigenvalue weighted by molar-refractivity contribution is 0.0591. The van der Waals surface area contributed by atoms with E-state index < -0.39 is 11.5 Å². The standard InChI is InChI=1S/C31H26BrN3O6.2ClH/c1-38-25-14-18(15-26(39-2)28(25)32)27-23-12-11-22(41-17-20-6-4-5-13-34-20)16-24(23)30(36)35(29(27)31(37)40-3)21-9-7-19(33)8-10-21;;/h4-16H,17,33H2,1-3H3;2*1H. The molecular formula is C31H28BrCl2N3O6. The number of fused-ring (bicyclic) bond motifs is 1. The van der Waals surface area contributed by atoms with Crippen molar-refractivity contribution in [3.8, 4) is 34.1 Å². The van der Waals surface area contributed by atoms with E-state index in [1.807, 2.05) is 18.2 Å². The number of nitrogens with zero attached hydrogens (tertiary/aromatic N) is 2. The summed E-state index contributed by atoms with van der Waals surface area (Å²) in [4.78, 5) is 31.9. The zero-order valence-electron chi connectivity index (χ0n) is 23.3. The van der Waals surface area contributed by atoms with E-state index in [2.05, 4.69) is 20.9 Å². The highest BCUT2D eigenvalue weighted by Gasteiger charge is 2.27. The summed E-state index contributed by atoms with van der Waals surface area (Å²) >= 11 is 3.50. The van der Waals surface area contributed by atoms with Crippen LogP contribution in [0.25, 0.3) is 27.6 Å². The summed E-state index contributed by atoms with van der Waals surface area (Å²) < 4.78 is 24.3. The normalized spacial score (nSPS) is 10.3. The Bertz CT molecular complexity index is 1790. The first-order valence-electron chi connectivity index (χ1n) is 12.5. The van der Waals surface area contributed by atoms with Gasteiger partial charge in [-0.3, -0.25) is 14.3 Å².